The number of anilines is 2. The van der Waals surface area contributed by atoms with E-state index in [1.807, 2.05) is 0 Å². The SMILES string of the molecule is Nc1ncnc(NNC(=O)CNC(=O)c2cccc(F)c2)c1[N+](=O)[O-]. The molecule has 0 atom stereocenters. The number of carbonyl (C=O) groups excluding carboxylic acids is 2. The first-order valence-corrected chi connectivity index (χ1v) is 6.72. The minimum Gasteiger partial charge on any atom is -0.378 e. The van der Waals surface area contributed by atoms with Crippen molar-refractivity contribution in [2.24, 2.45) is 0 Å². The van der Waals surface area contributed by atoms with Gasteiger partial charge in [0.15, 0.2) is 0 Å². The fourth-order valence-corrected chi connectivity index (χ4v) is 1.73. The number of halogens is 1. The number of nitrogens with one attached hydrogen (secondary N) is 3. The Morgan fingerprint density at radius 2 is 2.08 bits per heavy atom. The lowest BCUT2D eigenvalue weighted by molar-refractivity contribution is -0.383. The summed E-state index contributed by atoms with van der Waals surface area (Å²) in [4.78, 5) is 40.6. The number of rotatable bonds is 6. The predicted octanol–water partition coefficient (Wildman–Crippen LogP) is -0.0208. The first kappa shape index (κ1) is 17.5. The van der Waals surface area contributed by atoms with E-state index in [1.165, 1.54) is 18.2 Å². The van der Waals surface area contributed by atoms with E-state index in [2.05, 4.69) is 26.1 Å². The van der Waals surface area contributed by atoms with Crippen LogP contribution in [-0.2, 0) is 4.79 Å². The lowest BCUT2D eigenvalue weighted by Gasteiger charge is -2.09. The second kappa shape index (κ2) is 7.63. The van der Waals surface area contributed by atoms with E-state index in [0.717, 1.165) is 12.4 Å². The van der Waals surface area contributed by atoms with Gasteiger partial charge in [-0.25, -0.2) is 14.4 Å². The summed E-state index contributed by atoms with van der Waals surface area (Å²) in [6.07, 6.45) is 0.975. The molecule has 0 saturated heterocycles. The van der Waals surface area contributed by atoms with Crippen LogP contribution in [0.25, 0.3) is 0 Å². The third-order valence-corrected chi connectivity index (χ3v) is 2.85. The molecule has 0 spiro atoms. The number of hydrazine groups is 1. The molecule has 5 N–H and O–H groups in total. The van der Waals surface area contributed by atoms with Crippen molar-refractivity contribution in [2.75, 3.05) is 17.7 Å². The number of nitro groups is 1. The fraction of sp³-hybridized carbons (Fsp3) is 0.0769. The highest BCUT2D eigenvalue weighted by Gasteiger charge is 2.21. The van der Waals surface area contributed by atoms with Crippen LogP contribution in [0, 0.1) is 15.9 Å². The molecule has 0 aliphatic carbocycles. The zero-order valence-corrected chi connectivity index (χ0v) is 12.5. The van der Waals surface area contributed by atoms with Crippen LogP contribution in [0.15, 0.2) is 30.6 Å². The first-order valence-electron chi connectivity index (χ1n) is 6.72. The molecular weight excluding hydrogens is 337 g/mol. The smallest absolute Gasteiger partial charge is 0.354 e. The van der Waals surface area contributed by atoms with Gasteiger partial charge in [0.2, 0.25) is 11.6 Å². The van der Waals surface area contributed by atoms with Crippen LogP contribution in [0.4, 0.5) is 21.7 Å². The van der Waals surface area contributed by atoms with Gasteiger partial charge in [-0.05, 0) is 18.2 Å². The Bertz CT molecular complexity index is 830. The minimum absolute atomic E-state index is 0.0416. The van der Waals surface area contributed by atoms with Gasteiger partial charge < -0.3 is 11.1 Å². The molecule has 1 aromatic heterocycles. The third-order valence-electron chi connectivity index (χ3n) is 2.85. The maximum atomic E-state index is 13.0. The Balaban J connectivity index is 1.90. The molecule has 2 rings (SSSR count). The summed E-state index contributed by atoms with van der Waals surface area (Å²) in [6, 6.07) is 4.92. The molecule has 0 bridgehead atoms. The fourth-order valence-electron chi connectivity index (χ4n) is 1.73. The molecule has 0 aliphatic heterocycles. The lowest BCUT2D eigenvalue weighted by Crippen LogP contribution is -2.39. The Kier molecular flexibility index (Phi) is 5.35. The average molecular weight is 349 g/mol. The molecule has 0 aliphatic rings. The molecule has 12 heteroatoms. The molecule has 130 valence electrons. The monoisotopic (exact) mass is 349 g/mol. The van der Waals surface area contributed by atoms with E-state index >= 15 is 0 Å². The Morgan fingerprint density at radius 3 is 2.76 bits per heavy atom. The number of hydrogen-bond donors (Lipinski definition) is 4. The number of nitrogen functional groups attached to an aromatic ring is 1. The van der Waals surface area contributed by atoms with E-state index in [-0.39, 0.29) is 17.2 Å². The molecule has 0 saturated carbocycles. The Labute approximate surface area is 139 Å². The van der Waals surface area contributed by atoms with E-state index in [9.17, 15) is 24.1 Å². The topological polar surface area (TPSA) is 165 Å². The number of carbonyl (C=O) groups is 2. The Hall–Kier alpha value is -3.83. The molecule has 0 unspecified atom stereocenters. The van der Waals surface area contributed by atoms with Crippen LogP contribution in [0.2, 0.25) is 0 Å². The van der Waals surface area contributed by atoms with Crippen molar-refractivity contribution in [3.05, 3.63) is 52.1 Å². The number of hydrogen-bond acceptors (Lipinski definition) is 8. The highest BCUT2D eigenvalue weighted by molar-refractivity contribution is 5.96. The number of nitrogens with two attached hydrogens (primary N) is 1. The van der Waals surface area contributed by atoms with Gasteiger partial charge in [-0.3, -0.25) is 30.6 Å². The van der Waals surface area contributed by atoms with Crippen molar-refractivity contribution < 1.29 is 18.9 Å². The molecular formula is C13H12FN7O4. The number of nitrogens with zero attached hydrogens (tertiary/aromatic N) is 3. The standard InChI is InChI=1S/C13H12FN7O4/c14-8-3-1-2-7(4-8)13(23)16-5-9(22)19-20-12-10(21(24)25)11(15)17-6-18-12/h1-4,6H,5H2,(H,16,23)(H,19,22)(H3,15,17,18,20). The second-order valence-electron chi connectivity index (χ2n) is 4.58. The molecule has 25 heavy (non-hydrogen) atoms. The van der Waals surface area contributed by atoms with Crippen LogP contribution in [0.3, 0.4) is 0 Å². The molecule has 0 radical (unpaired) electrons. The Morgan fingerprint density at radius 1 is 1.32 bits per heavy atom. The van der Waals surface area contributed by atoms with Crippen LogP contribution in [0.1, 0.15) is 10.4 Å². The van der Waals surface area contributed by atoms with Crippen LogP contribution < -0.4 is 21.9 Å². The largest absolute Gasteiger partial charge is 0.378 e. The van der Waals surface area contributed by atoms with Crippen molar-refractivity contribution in [1.29, 1.82) is 0 Å². The quantitative estimate of drug-likeness (QED) is 0.417. The number of benzene rings is 1. The summed E-state index contributed by atoms with van der Waals surface area (Å²) in [5.41, 5.74) is 9.14. The summed E-state index contributed by atoms with van der Waals surface area (Å²) in [5, 5.41) is 13.2. The zero-order chi connectivity index (χ0) is 18.4. The van der Waals surface area contributed by atoms with Crippen LogP contribution in [-0.4, -0.2) is 33.3 Å². The zero-order valence-electron chi connectivity index (χ0n) is 12.5. The van der Waals surface area contributed by atoms with E-state index in [1.54, 1.807) is 0 Å². The first-order chi connectivity index (χ1) is 11.9. The van der Waals surface area contributed by atoms with Crippen molar-refractivity contribution in [3.8, 4) is 0 Å². The summed E-state index contributed by atoms with van der Waals surface area (Å²) in [7, 11) is 0. The normalized spacial score (nSPS) is 9.96. The third kappa shape index (κ3) is 4.57. The van der Waals surface area contributed by atoms with Crippen molar-refractivity contribution in [2.45, 2.75) is 0 Å². The molecule has 11 nitrogen and oxygen atoms in total. The lowest BCUT2D eigenvalue weighted by atomic mass is 10.2. The predicted molar refractivity (Wildman–Crippen MR) is 83.6 cm³/mol. The van der Waals surface area contributed by atoms with Gasteiger partial charge in [-0.2, -0.15) is 0 Å². The van der Waals surface area contributed by atoms with Crippen molar-refractivity contribution in [1.82, 2.24) is 20.7 Å². The summed E-state index contributed by atoms with van der Waals surface area (Å²) in [6.45, 7) is -0.462. The van der Waals surface area contributed by atoms with Gasteiger partial charge in [0, 0.05) is 5.56 Å². The van der Waals surface area contributed by atoms with Gasteiger partial charge in [-0.1, -0.05) is 6.07 Å². The molecule has 0 fully saturated rings. The van der Waals surface area contributed by atoms with Crippen molar-refractivity contribution in [3.63, 3.8) is 0 Å². The molecule has 2 amide bonds. The number of aromatic nitrogens is 2. The van der Waals surface area contributed by atoms with E-state index in [4.69, 9.17) is 5.73 Å². The number of amides is 2. The average Bonchev–Trinajstić information content (AvgIpc) is 2.57. The summed E-state index contributed by atoms with van der Waals surface area (Å²) < 4.78 is 13.0. The van der Waals surface area contributed by atoms with Crippen LogP contribution in [0.5, 0.6) is 0 Å². The maximum Gasteiger partial charge on any atom is 0.354 e. The van der Waals surface area contributed by atoms with Gasteiger partial charge in [-0.15, -0.1) is 0 Å². The highest BCUT2D eigenvalue weighted by atomic mass is 19.1. The molecule has 2 aromatic rings. The second-order valence-corrected chi connectivity index (χ2v) is 4.58. The molecule has 1 aromatic carbocycles. The van der Waals surface area contributed by atoms with Crippen LogP contribution >= 0.6 is 0 Å². The highest BCUT2D eigenvalue weighted by Crippen LogP contribution is 2.25. The minimum atomic E-state index is -0.810. The van der Waals surface area contributed by atoms with Gasteiger partial charge >= 0.3 is 5.69 Å². The summed E-state index contributed by atoms with van der Waals surface area (Å²) in [5.74, 6) is -2.67. The van der Waals surface area contributed by atoms with Gasteiger partial charge in [0.1, 0.15) is 12.1 Å². The summed E-state index contributed by atoms with van der Waals surface area (Å²) >= 11 is 0. The van der Waals surface area contributed by atoms with Gasteiger partial charge in [0.05, 0.1) is 11.5 Å². The van der Waals surface area contributed by atoms with Crippen molar-refractivity contribution >= 4 is 29.1 Å². The molecule has 1 heterocycles. The van der Waals surface area contributed by atoms with E-state index < -0.39 is 34.8 Å². The maximum absolute atomic E-state index is 13.0. The van der Waals surface area contributed by atoms with E-state index in [0.29, 0.717) is 0 Å². The van der Waals surface area contributed by atoms with Gasteiger partial charge in [0.25, 0.3) is 11.8 Å².